The van der Waals surface area contributed by atoms with Crippen LogP contribution < -0.4 is 43.0 Å². The molecule has 4 rings (SSSR count). The van der Waals surface area contributed by atoms with Gasteiger partial charge in [0, 0.05) is 43.4 Å². The zero-order valence-corrected chi connectivity index (χ0v) is 42.6. The van der Waals surface area contributed by atoms with Crippen LogP contribution in [0.1, 0.15) is 89.5 Å². The van der Waals surface area contributed by atoms with Crippen LogP contribution in [0.25, 0.3) is 0 Å². The molecule has 0 bridgehead atoms. The van der Waals surface area contributed by atoms with E-state index in [0.717, 1.165) is 11.1 Å². The summed E-state index contributed by atoms with van der Waals surface area (Å²) in [5, 5.41) is 19.2. The minimum Gasteiger partial charge on any atom is -0.351 e. The van der Waals surface area contributed by atoms with Gasteiger partial charge in [-0.2, -0.15) is 0 Å². The van der Waals surface area contributed by atoms with Gasteiger partial charge in [-0.25, -0.2) is 0 Å². The summed E-state index contributed by atoms with van der Waals surface area (Å²) in [6.45, 7) is 14.0. The van der Waals surface area contributed by atoms with E-state index in [0.29, 0.717) is 42.7 Å². The molecule has 2 aliphatic heterocycles. The van der Waals surface area contributed by atoms with E-state index in [9.17, 15) is 43.2 Å². The van der Waals surface area contributed by atoms with E-state index >= 15 is 0 Å². The van der Waals surface area contributed by atoms with E-state index in [2.05, 4.69) is 37.2 Å². The average molecular weight is 994 g/mol. The Labute approximate surface area is 413 Å². The van der Waals surface area contributed by atoms with Gasteiger partial charge in [-0.1, -0.05) is 109 Å². The Hall–Kier alpha value is -5.47. The SMILES string of the molecule is CC(=O)C[C@@H]1NC(=O)[C@@H](NC(=O)[C@@H]2CCCN2C(=O)[C@@H](N)CC(C)C)CSSC[C@@H](C)NC(=O)C(C(C)C)NC(=O)CNC(=O)[C@H](Cc2ccc(C)cc2)NC(=O)[C@H](Cc2ccc(C)cc2)NC1=O. The minimum absolute atomic E-state index is 0.00324. The number of amides is 8. The van der Waals surface area contributed by atoms with Gasteiger partial charge in [-0.15, -0.1) is 0 Å². The molecule has 2 heterocycles. The van der Waals surface area contributed by atoms with Crippen molar-refractivity contribution in [2.45, 2.75) is 142 Å². The fraction of sp³-hybridized carbons (Fsp3) is 0.571. The van der Waals surface area contributed by atoms with Crippen LogP contribution in [-0.4, -0.2) is 131 Å². The molecule has 2 aromatic rings. The Kier molecular flexibility index (Phi) is 22.0. The predicted octanol–water partition coefficient (Wildman–Crippen LogP) is 1.53. The summed E-state index contributed by atoms with van der Waals surface area (Å²) < 4.78 is 0. The number of nitrogens with one attached hydrogen (secondary N) is 7. The van der Waals surface area contributed by atoms with Crippen molar-refractivity contribution in [3.8, 4) is 0 Å². The maximum absolute atomic E-state index is 14.4. The van der Waals surface area contributed by atoms with Gasteiger partial charge in [-0.05, 0) is 69.9 Å². The lowest BCUT2D eigenvalue weighted by Gasteiger charge is -2.29. The molecule has 378 valence electrons. The Morgan fingerprint density at radius 1 is 0.725 bits per heavy atom. The largest absolute Gasteiger partial charge is 0.351 e. The van der Waals surface area contributed by atoms with Crippen molar-refractivity contribution < 1.29 is 43.2 Å². The summed E-state index contributed by atoms with van der Waals surface area (Å²) in [5.41, 5.74) is 9.51. The van der Waals surface area contributed by atoms with Crippen molar-refractivity contribution >= 4 is 74.6 Å². The molecular weight excluding hydrogens is 923 g/mol. The number of ketones is 1. The Morgan fingerprint density at radius 3 is 1.81 bits per heavy atom. The summed E-state index contributed by atoms with van der Waals surface area (Å²) in [6.07, 6.45) is 0.784. The van der Waals surface area contributed by atoms with E-state index in [1.54, 1.807) is 45.0 Å². The Balaban J connectivity index is 1.72. The maximum atomic E-state index is 14.4. The molecule has 2 aliphatic rings. The first-order chi connectivity index (χ1) is 32.6. The fourth-order valence-corrected chi connectivity index (χ4v) is 10.4. The second-order valence-corrected chi connectivity index (χ2v) is 21.5. The molecule has 8 amide bonds. The molecule has 8 atom stereocenters. The molecule has 0 saturated carbocycles. The van der Waals surface area contributed by atoms with Crippen LogP contribution in [0.2, 0.25) is 0 Å². The highest BCUT2D eigenvalue weighted by molar-refractivity contribution is 8.76. The minimum atomic E-state index is -1.50. The zero-order valence-electron chi connectivity index (χ0n) is 41.0. The molecule has 2 aromatic carbocycles. The smallest absolute Gasteiger partial charge is 0.244 e. The van der Waals surface area contributed by atoms with E-state index in [-0.39, 0.29) is 36.3 Å². The van der Waals surface area contributed by atoms with E-state index in [1.807, 2.05) is 52.0 Å². The van der Waals surface area contributed by atoms with Crippen molar-refractivity contribution in [3.63, 3.8) is 0 Å². The predicted molar refractivity (Wildman–Crippen MR) is 267 cm³/mol. The molecule has 2 fully saturated rings. The lowest BCUT2D eigenvalue weighted by molar-refractivity contribution is -0.140. The van der Waals surface area contributed by atoms with Gasteiger partial charge in [0.05, 0.1) is 12.6 Å². The molecule has 2 saturated heterocycles. The van der Waals surface area contributed by atoms with Crippen LogP contribution >= 0.6 is 21.6 Å². The normalized spacial score (nSPS) is 24.6. The van der Waals surface area contributed by atoms with E-state index < -0.39 is 108 Å². The van der Waals surface area contributed by atoms with Gasteiger partial charge in [0.2, 0.25) is 47.3 Å². The standard InChI is InChI=1S/C49H71N9O9S2/c1-27(2)20-35(50)49(67)58-19-9-10-40(58)47(65)56-39-26-69-68-25-31(7)52-48(66)42(28(3)4)57-41(60)24-51-43(61)37(22-33-15-11-29(5)12-16-33)54-45(63)38(23-34-17-13-30(6)14-18-34)55-44(62)36(21-32(8)59)53-46(39)64/h11-18,27-28,31,35-40,42H,9-10,19-26,50H2,1-8H3,(H,51,61)(H,52,66)(H,53,64)(H,54,63)(H,55,62)(H,56,65)(H,57,60)/t31-,35+,36+,37+,38+,39+,40+,42?/m1/s1. The van der Waals surface area contributed by atoms with E-state index in [4.69, 9.17) is 5.73 Å². The second kappa shape index (κ2) is 27.1. The first kappa shape index (κ1) is 56.1. The van der Waals surface area contributed by atoms with Crippen molar-refractivity contribution in [1.29, 1.82) is 0 Å². The van der Waals surface area contributed by atoms with Crippen LogP contribution in [0.4, 0.5) is 0 Å². The quantitative estimate of drug-likeness (QED) is 0.141. The number of carbonyl (C=O) groups is 9. The summed E-state index contributed by atoms with van der Waals surface area (Å²) in [4.78, 5) is 126. The summed E-state index contributed by atoms with van der Waals surface area (Å²) >= 11 is 0. The lowest BCUT2D eigenvalue weighted by Crippen LogP contribution is -2.60. The number of carbonyl (C=O) groups excluding carboxylic acids is 9. The highest BCUT2D eigenvalue weighted by atomic mass is 33.1. The highest BCUT2D eigenvalue weighted by Crippen LogP contribution is 2.25. The number of nitrogens with zero attached hydrogens (tertiary/aromatic N) is 1. The molecule has 69 heavy (non-hydrogen) atoms. The fourth-order valence-electron chi connectivity index (χ4n) is 7.92. The van der Waals surface area contributed by atoms with Crippen molar-refractivity contribution in [2.75, 3.05) is 24.6 Å². The third kappa shape index (κ3) is 18.1. The van der Waals surface area contributed by atoms with Crippen LogP contribution in [0.5, 0.6) is 0 Å². The lowest BCUT2D eigenvalue weighted by atomic mass is 10.0. The number of aryl methyl sites for hydroxylation is 2. The molecule has 9 N–H and O–H groups in total. The van der Waals surface area contributed by atoms with Gasteiger partial charge in [0.25, 0.3) is 0 Å². The summed E-state index contributed by atoms with van der Waals surface area (Å²) in [6, 6.07) is 6.08. The van der Waals surface area contributed by atoms with Crippen LogP contribution in [0, 0.1) is 25.7 Å². The maximum Gasteiger partial charge on any atom is 0.244 e. The average Bonchev–Trinajstić information content (AvgIpc) is 3.78. The van der Waals surface area contributed by atoms with Crippen molar-refractivity contribution in [3.05, 3.63) is 70.8 Å². The van der Waals surface area contributed by atoms with Crippen molar-refractivity contribution in [1.82, 2.24) is 42.1 Å². The molecule has 0 aromatic heterocycles. The Bertz CT molecular complexity index is 2140. The molecular formula is C49H71N9O9S2. The third-order valence-corrected chi connectivity index (χ3v) is 14.3. The number of Topliss-reactive ketones (excluding diaryl/α,β-unsaturated/α-hetero) is 1. The number of nitrogens with two attached hydrogens (primary N) is 1. The van der Waals surface area contributed by atoms with Crippen molar-refractivity contribution in [2.24, 2.45) is 17.6 Å². The highest BCUT2D eigenvalue weighted by Gasteiger charge is 2.39. The zero-order chi connectivity index (χ0) is 50.9. The molecule has 20 heteroatoms. The van der Waals surface area contributed by atoms with Crippen LogP contribution in [-0.2, 0) is 56.0 Å². The Morgan fingerprint density at radius 2 is 1.26 bits per heavy atom. The molecule has 0 radical (unpaired) electrons. The first-order valence-electron chi connectivity index (χ1n) is 23.6. The second-order valence-electron chi connectivity index (χ2n) is 18.9. The molecule has 0 spiro atoms. The molecule has 18 nitrogen and oxygen atoms in total. The first-order valence-corrected chi connectivity index (χ1v) is 26.1. The monoisotopic (exact) mass is 993 g/mol. The number of rotatable bonds is 12. The number of hydrogen-bond acceptors (Lipinski definition) is 12. The van der Waals surface area contributed by atoms with Gasteiger partial charge in [0.15, 0.2) is 0 Å². The third-order valence-electron chi connectivity index (χ3n) is 11.7. The number of benzene rings is 2. The van der Waals surface area contributed by atoms with Gasteiger partial charge >= 0.3 is 0 Å². The van der Waals surface area contributed by atoms with Gasteiger partial charge < -0.3 is 47.9 Å². The number of likely N-dealkylation sites (tertiary alicyclic amines) is 1. The summed E-state index contributed by atoms with van der Waals surface area (Å²) in [7, 11) is 2.52. The van der Waals surface area contributed by atoms with Gasteiger partial charge in [0.1, 0.15) is 42.0 Å². The van der Waals surface area contributed by atoms with Crippen LogP contribution in [0.3, 0.4) is 0 Å². The summed E-state index contributed by atoms with van der Waals surface area (Å²) in [5.74, 6) is -5.52. The van der Waals surface area contributed by atoms with E-state index in [1.165, 1.54) is 33.4 Å². The topological polar surface area (TPSA) is 267 Å². The number of hydrogen-bond donors (Lipinski definition) is 8. The van der Waals surface area contributed by atoms with Gasteiger partial charge in [-0.3, -0.25) is 43.2 Å². The molecule has 1 unspecified atom stereocenters. The molecule has 0 aliphatic carbocycles. The van der Waals surface area contributed by atoms with Crippen LogP contribution in [0.15, 0.2) is 48.5 Å².